The van der Waals surface area contributed by atoms with Crippen LogP contribution in [0.25, 0.3) is 0 Å². The molecule has 1 nitrogen and oxygen atoms in total. The maximum absolute atomic E-state index is 12.6. The fourth-order valence-electron chi connectivity index (χ4n) is 2.54. The maximum atomic E-state index is 12.6. The minimum atomic E-state index is -4.25. The van der Waals surface area contributed by atoms with Gasteiger partial charge in [0, 0.05) is 6.04 Å². The highest BCUT2D eigenvalue weighted by molar-refractivity contribution is 5.26. The van der Waals surface area contributed by atoms with Gasteiger partial charge in [-0.05, 0) is 43.4 Å². The van der Waals surface area contributed by atoms with Crippen LogP contribution in [0.1, 0.15) is 30.9 Å². The number of alkyl halides is 3. The predicted molar refractivity (Wildman–Crippen MR) is 65.3 cm³/mol. The molecule has 0 radical (unpaired) electrons. The third-order valence-electron chi connectivity index (χ3n) is 3.49. The van der Waals surface area contributed by atoms with Crippen LogP contribution in [-0.4, -0.2) is 12.6 Å². The van der Waals surface area contributed by atoms with Crippen molar-refractivity contribution in [3.8, 4) is 0 Å². The summed E-state index contributed by atoms with van der Waals surface area (Å²) in [4.78, 5) is 0. The lowest BCUT2D eigenvalue weighted by molar-refractivity contribution is -0.137. The van der Waals surface area contributed by atoms with E-state index < -0.39 is 11.7 Å². The van der Waals surface area contributed by atoms with Crippen molar-refractivity contribution in [2.75, 3.05) is 6.54 Å². The van der Waals surface area contributed by atoms with E-state index in [9.17, 15) is 13.2 Å². The van der Waals surface area contributed by atoms with Gasteiger partial charge >= 0.3 is 6.18 Å². The quantitative estimate of drug-likeness (QED) is 0.853. The molecule has 0 bridgehead atoms. The van der Waals surface area contributed by atoms with Gasteiger partial charge in [-0.15, -0.1) is 0 Å². The first kappa shape index (κ1) is 13.4. The van der Waals surface area contributed by atoms with Gasteiger partial charge < -0.3 is 5.32 Å². The van der Waals surface area contributed by atoms with Gasteiger partial charge in [0.2, 0.25) is 0 Å². The number of nitrogens with one attached hydrogen (secondary N) is 1. The molecule has 0 spiro atoms. The Balaban J connectivity index is 2.05. The molecule has 1 aliphatic rings. The zero-order valence-corrected chi connectivity index (χ0v) is 10.4. The van der Waals surface area contributed by atoms with Crippen molar-refractivity contribution in [2.45, 2.75) is 38.4 Å². The summed E-state index contributed by atoms with van der Waals surface area (Å²) in [6.45, 7) is 3.16. The van der Waals surface area contributed by atoms with Crippen LogP contribution in [0.15, 0.2) is 24.3 Å². The molecule has 0 amide bonds. The highest BCUT2D eigenvalue weighted by Crippen LogP contribution is 2.30. The summed E-state index contributed by atoms with van der Waals surface area (Å²) < 4.78 is 37.8. The standard InChI is InChI=1S/C14H18F3N/c1-10-5-6-18-13(7-10)9-11-3-2-4-12(8-11)14(15,16)17/h2-4,8,10,13,18H,5-7,9H2,1H3. The molecule has 1 N–H and O–H groups in total. The minimum Gasteiger partial charge on any atom is -0.314 e. The van der Waals surface area contributed by atoms with Crippen LogP contribution in [0.4, 0.5) is 13.2 Å². The number of rotatable bonds is 2. The van der Waals surface area contributed by atoms with Gasteiger partial charge in [-0.2, -0.15) is 13.2 Å². The smallest absolute Gasteiger partial charge is 0.314 e. The fourth-order valence-corrected chi connectivity index (χ4v) is 2.54. The summed E-state index contributed by atoms with van der Waals surface area (Å²) in [6, 6.07) is 5.96. The molecule has 4 heteroatoms. The highest BCUT2D eigenvalue weighted by Gasteiger charge is 2.30. The van der Waals surface area contributed by atoms with Crippen LogP contribution in [-0.2, 0) is 12.6 Å². The maximum Gasteiger partial charge on any atom is 0.416 e. The van der Waals surface area contributed by atoms with Crippen LogP contribution in [0, 0.1) is 5.92 Å². The summed E-state index contributed by atoms with van der Waals surface area (Å²) in [6.07, 6.45) is -1.38. The molecule has 2 atom stereocenters. The summed E-state index contributed by atoms with van der Waals surface area (Å²) in [5, 5.41) is 3.37. The van der Waals surface area contributed by atoms with Crippen LogP contribution in [0.5, 0.6) is 0 Å². The molecule has 1 saturated heterocycles. The molecule has 1 aliphatic heterocycles. The van der Waals surface area contributed by atoms with Crippen molar-refractivity contribution in [1.29, 1.82) is 0 Å². The predicted octanol–water partition coefficient (Wildman–Crippen LogP) is 3.64. The second-order valence-corrected chi connectivity index (χ2v) is 5.18. The number of hydrogen-bond donors (Lipinski definition) is 1. The van der Waals surface area contributed by atoms with Gasteiger partial charge in [0.1, 0.15) is 0 Å². The molecule has 0 aromatic heterocycles. The van der Waals surface area contributed by atoms with E-state index in [0.717, 1.165) is 31.0 Å². The monoisotopic (exact) mass is 257 g/mol. The van der Waals surface area contributed by atoms with Gasteiger partial charge in [-0.1, -0.05) is 25.1 Å². The molecule has 0 saturated carbocycles. The Morgan fingerprint density at radius 3 is 2.78 bits per heavy atom. The number of piperidine rings is 1. The number of benzene rings is 1. The first-order chi connectivity index (χ1) is 8.45. The van der Waals surface area contributed by atoms with E-state index in [-0.39, 0.29) is 0 Å². The van der Waals surface area contributed by atoms with Crippen LogP contribution < -0.4 is 5.32 Å². The van der Waals surface area contributed by atoms with Crippen molar-refractivity contribution in [3.05, 3.63) is 35.4 Å². The van der Waals surface area contributed by atoms with E-state index in [1.54, 1.807) is 6.07 Å². The largest absolute Gasteiger partial charge is 0.416 e. The fraction of sp³-hybridized carbons (Fsp3) is 0.571. The van der Waals surface area contributed by atoms with Gasteiger partial charge in [0.15, 0.2) is 0 Å². The SMILES string of the molecule is CC1CCNC(Cc2cccc(C(F)(F)F)c2)C1. The first-order valence-electron chi connectivity index (χ1n) is 6.34. The molecule has 1 heterocycles. The van der Waals surface area contributed by atoms with E-state index >= 15 is 0 Å². The summed E-state index contributed by atoms with van der Waals surface area (Å²) in [5.41, 5.74) is 0.209. The van der Waals surface area contributed by atoms with E-state index in [0.29, 0.717) is 18.4 Å². The molecular weight excluding hydrogens is 239 g/mol. The lowest BCUT2D eigenvalue weighted by Crippen LogP contribution is -2.38. The molecule has 1 aromatic rings. The average molecular weight is 257 g/mol. The Hall–Kier alpha value is -1.03. The average Bonchev–Trinajstić information content (AvgIpc) is 2.28. The van der Waals surface area contributed by atoms with Crippen molar-refractivity contribution in [2.24, 2.45) is 5.92 Å². The second kappa shape index (κ2) is 5.31. The molecule has 18 heavy (non-hydrogen) atoms. The lowest BCUT2D eigenvalue weighted by atomic mass is 9.90. The molecule has 1 aromatic carbocycles. The van der Waals surface area contributed by atoms with E-state index in [1.807, 2.05) is 0 Å². The Morgan fingerprint density at radius 1 is 1.33 bits per heavy atom. The number of hydrogen-bond acceptors (Lipinski definition) is 1. The van der Waals surface area contributed by atoms with Gasteiger partial charge in [0.25, 0.3) is 0 Å². The third kappa shape index (κ3) is 3.48. The normalized spacial score (nSPS) is 25.1. The molecule has 2 rings (SSSR count). The molecule has 1 fully saturated rings. The Kier molecular flexibility index (Phi) is 3.95. The minimum absolute atomic E-state index is 0.303. The van der Waals surface area contributed by atoms with Gasteiger partial charge in [0.05, 0.1) is 5.56 Å². The molecule has 100 valence electrons. The molecule has 2 unspecified atom stereocenters. The van der Waals surface area contributed by atoms with E-state index in [1.165, 1.54) is 12.1 Å². The van der Waals surface area contributed by atoms with E-state index in [2.05, 4.69) is 12.2 Å². The zero-order valence-electron chi connectivity index (χ0n) is 10.4. The summed E-state index contributed by atoms with van der Waals surface area (Å²) in [7, 11) is 0. The van der Waals surface area contributed by atoms with Crippen LogP contribution in [0.2, 0.25) is 0 Å². The summed E-state index contributed by atoms with van der Waals surface area (Å²) in [5.74, 6) is 0.655. The van der Waals surface area contributed by atoms with E-state index in [4.69, 9.17) is 0 Å². The molecule has 0 aliphatic carbocycles. The van der Waals surface area contributed by atoms with Crippen LogP contribution in [0.3, 0.4) is 0 Å². The van der Waals surface area contributed by atoms with Crippen molar-refractivity contribution >= 4 is 0 Å². The van der Waals surface area contributed by atoms with Crippen molar-refractivity contribution < 1.29 is 13.2 Å². The van der Waals surface area contributed by atoms with Crippen molar-refractivity contribution in [1.82, 2.24) is 5.32 Å². The topological polar surface area (TPSA) is 12.0 Å². The van der Waals surface area contributed by atoms with Gasteiger partial charge in [-0.25, -0.2) is 0 Å². The third-order valence-corrected chi connectivity index (χ3v) is 3.49. The zero-order chi connectivity index (χ0) is 13.2. The lowest BCUT2D eigenvalue weighted by Gasteiger charge is -2.28. The Bertz CT molecular complexity index is 400. The van der Waals surface area contributed by atoms with Crippen LogP contribution >= 0.6 is 0 Å². The summed E-state index contributed by atoms with van der Waals surface area (Å²) >= 11 is 0. The first-order valence-corrected chi connectivity index (χ1v) is 6.34. The van der Waals surface area contributed by atoms with Gasteiger partial charge in [-0.3, -0.25) is 0 Å². The Morgan fingerprint density at radius 2 is 2.11 bits per heavy atom. The number of halogens is 3. The highest BCUT2D eigenvalue weighted by atomic mass is 19.4. The Labute approximate surface area is 105 Å². The van der Waals surface area contributed by atoms with Crippen molar-refractivity contribution in [3.63, 3.8) is 0 Å². The molecular formula is C14H18F3N. The second-order valence-electron chi connectivity index (χ2n) is 5.18.